The Kier molecular flexibility index (Phi) is 4.70. The fourth-order valence-electron chi connectivity index (χ4n) is 3.62. The van der Waals surface area contributed by atoms with E-state index in [-0.39, 0.29) is 30.4 Å². The predicted octanol–water partition coefficient (Wildman–Crippen LogP) is -0.968. The topological polar surface area (TPSA) is 102 Å². The highest BCUT2D eigenvalue weighted by atomic mass is 16.3. The molecule has 3 rings (SSSR count). The van der Waals surface area contributed by atoms with Crippen molar-refractivity contribution in [3.05, 3.63) is 0 Å². The van der Waals surface area contributed by atoms with Gasteiger partial charge in [-0.05, 0) is 12.8 Å². The number of carbonyl (C=O) groups excluding carboxylic acids is 3. The lowest BCUT2D eigenvalue weighted by molar-refractivity contribution is -0.153. The van der Waals surface area contributed by atoms with Crippen LogP contribution in [0.5, 0.6) is 0 Å². The number of amides is 4. The second-order valence-corrected chi connectivity index (χ2v) is 6.52. The Morgan fingerprint density at radius 3 is 2.65 bits per heavy atom. The molecular formula is C15H24N4O4. The van der Waals surface area contributed by atoms with Crippen molar-refractivity contribution in [2.75, 3.05) is 26.2 Å². The molecule has 23 heavy (non-hydrogen) atoms. The van der Waals surface area contributed by atoms with Gasteiger partial charge in [0.1, 0.15) is 12.1 Å². The van der Waals surface area contributed by atoms with E-state index in [1.165, 1.54) is 11.3 Å². The van der Waals surface area contributed by atoms with Crippen LogP contribution >= 0.6 is 0 Å². The summed E-state index contributed by atoms with van der Waals surface area (Å²) in [6, 6.07) is -1.45. The van der Waals surface area contributed by atoms with E-state index in [1.807, 2.05) is 0 Å². The molecule has 4 amide bonds. The van der Waals surface area contributed by atoms with Crippen LogP contribution < -0.4 is 10.6 Å². The Bertz CT molecular complexity index is 492. The smallest absolute Gasteiger partial charge is 0.317 e. The molecule has 1 saturated carbocycles. The van der Waals surface area contributed by atoms with E-state index < -0.39 is 18.7 Å². The lowest BCUT2D eigenvalue weighted by Gasteiger charge is -2.45. The predicted molar refractivity (Wildman–Crippen MR) is 81.5 cm³/mol. The summed E-state index contributed by atoms with van der Waals surface area (Å²) >= 11 is 0. The minimum atomic E-state index is -0.860. The van der Waals surface area contributed by atoms with Crippen LogP contribution in [0.3, 0.4) is 0 Å². The fraction of sp³-hybridized carbons (Fsp3) is 0.800. The zero-order chi connectivity index (χ0) is 16.4. The van der Waals surface area contributed by atoms with Gasteiger partial charge in [0.15, 0.2) is 0 Å². The zero-order valence-corrected chi connectivity index (χ0v) is 13.2. The molecule has 0 aromatic carbocycles. The average molecular weight is 324 g/mol. The largest absolute Gasteiger partial charge is 0.394 e. The Morgan fingerprint density at radius 1 is 1.22 bits per heavy atom. The summed E-state index contributed by atoms with van der Waals surface area (Å²) < 4.78 is 0. The highest BCUT2D eigenvalue weighted by molar-refractivity contribution is 5.97. The van der Waals surface area contributed by atoms with Gasteiger partial charge in [0.05, 0.1) is 13.2 Å². The summed E-state index contributed by atoms with van der Waals surface area (Å²) in [5.41, 5.74) is 0. The third kappa shape index (κ3) is 3.26. The van der Waals surface area contributed by atoms with Crippen molar-refractivity contribution in [1.82, 2.24) is 20.4 Å². The van der Waals surface area contributed by atoms with Crippen LogP contribution in [-0.2, 0) is 9.59 Å². The van der Waals surface area contributed by atoms with Gasteiger partial charge in [0, 0.05) is 19.1 Å². The number of aliphatic hydroxyl groups excluding tert-OH is 1. The Morgan fingerprint density at radius 2 is 1.96 bits per heavy atom. The van der Waals surface area contributed by atoms with Crippen LogP contribution in [0.15, 0.2) is 0 Å². The van der Waals surface area contributed by atoms with Crippen molar-refractivity contribution in [3.8, 4) is 0 Å². The summed E-state index contributed by atoms with van der Waals surface area (Å²) in [6.07, 6.45) is 5.52. The lowest BCUT2D eigenvalue weighted by atomic mass is 9.96. The first-order valence-electron chi connectivity index (χ1n) is 8.37. The average Bonchev–Trinajstić information content (AvgIpc) is 2.58. The molecule has 3 aliphatic rings. The number of piperazine rings is 2. The molecule has 3 N–H and O–H groups in total. The third-order valence-corrected chi connectivity index (χ3v) is 4.98. The maximum Gasteiger partial charge on any atom is 0.317 e. The SMILES string of the molecule is O=C1N[C@@H](CO)C(=O)N2CCN(C(=O)NC3CCCCC3)C[C@H]12. The number of nitrogens with zero attached hydrogens (tertiary/aromatic N) is 2. The summed E-state index contributed by atoms with van der Waals surface area (Å²) in [5.74, 6) is -0.580. The minimum Gasteiger partial charge on any atom is -0.394 e. The normalized spacial score (nSPS) is 29.1. The fourth-order valence-corrected chi connectivity index (χ4v) is 3.62. The molecule has 3 fully saturated rings. The van der Waals surface area contributed by atoms with E-state index >= 15 is 0 Å². The van der Waals surface area contributed by atoms with Crippen LogP contribution in [-0.4, -0.2) is 77.1 Å². The standard InChI is InChI=1S/C15H24N4O4/c20-9-11-14(22)19-7-6-18(8-12(19)13(21)17-11)15(23)16-10-4-2-1-3-5-10/h10-12,20H,1-9H2,(H,16,23)(H,17,21)/t11-,12+/m0/s1. The molecule has 0 radical (unpaired) electrons. The number of hydrogen-bond acceptors (Lipinski definition) is 4. The molecule has 0 bridgehead atoms. The van der Waals surface area contributed by atoms with E-state index in [9.17, 15) is 14.4 Å². The van der Waals surface area contributed by atoms with Gasteiger partial charge in [-0.25, -0.2) is 4.79 Å². The van der Waals surface area contributed by atoms with Crippen molar-refractivity contribution in [1.29, 1.82) is 0 Å². The molecule has 2 aliphatic heterocycles. The van der Waals surface area contributed by atoms with E-state index in [0.717, 1.165) is 25.7 Å². The van der Waals surface area contributed by atoms with Crippen LogP contribution in [0.2, 0.25) is 0 Å². The summed E-state index contributed by atoms with van der Waals surface area (Å²) in [6.45, 7) is 0.533. The number of hydrogen-bond donors (Lipinski definition) is 3. The van der Waals surface area contributed by atoms with Gasteiger partial charge in [0.2, 0.25) is 11.8 Å². The molecule has 8 nitrogen and oxygen atoms in total. The van der Waals surface area contributed by atoms with E-state index in [2.05, 4.69) is 10.6 Å². The van der Waals surface area contributed by atoms with Crippen LogP contribution in [0, 0.1) is 0 Å². The summed E-state index contributed by atoms with van der Waals surface area (Å²) in [5, 5.41) is 14.7. The maximum absolute atomic E-state index is 12.4. The third-order valence-electron chi connectivity index (χ3n) is 4.98. The number of fused-ring (bicyclic) bond motifs is 1. The Labute approximate surface area is 135 Å². The number of nitrogens with one attached hydrogen (secondary N) is 2. The molecule has 2 atom stereocenters. The van der Waals surface area contributed by atoms with Crippen LogP contribution in [0.25, 0.3) is 0 Å². The van der Waals surface area contributed by atoms with E-state index in [1.54, 1.807) is 4.90 Å². The number of urea groups is 1. The van der Waals surface area contributed by atoms with Gasteiger partial charge in [-0.15, -0.1) is 0 Å². The molecule has 0 aromatic rings. The first-order valence-corrected chi connectivity index (χ1v) is 8.37. The number of carbonyl (C=O) groups is 3. The molecule has 1 aliphatic carbocycles. The van der Waals surface area contributed by atoms with Crippen molar-refractivity contribution in [3.63, 3.8) is 0 Å². The first-order chi connectivity index (χ1) is 11.1. The highest BCUT2D eigenvalue weighted by Gasteiger charge is 2.44. The van der Waals surface area contributed by atoms with Gasteiger partial charge >= 0.3 is 6.03 Å². The maximum atomic E-state index is 12.4. The van der Waals surface area contributed by atoms with Gasteiger partial charge in [0.25, 0.3) is 0 Å². The van der Waals surface area contributed by atoms with E-state index in [0.29, 0.717) is 13.1 Å². The molecule has 0 spiro atoms. The van der Waals surface area contributed by atoms with Gasteiger partial charge in [-0.1, -0.05) is 19.3 Å². The molecule has 0 aromatic heterocycles. The monoisotopic (exact) mass is 324 g/mol. The van der Waals surface area contributed by atoms with Crippen LogP contribution in [0.1, 0.15) is 32.1 Å². The molecular weight excluding hydrogens is 300 g/mol. The Balaban J connectivity index is 1.59. The van der Waals surface area contributed by atoms with Crippen molar-refractivity contribution < 1.29 is 19.5 Å². The van der Waals surface area contributed by atoms with Crippen molar-refractivity contribution in [2.45, 2.75) is 50.2 Å². The highest BCUT2D eigenvalue weighted by Crippen LogP contribution is 2.19. The summed E-state index contributed by atoms with van der Waals surface area (Å²) in [7, 11) is 0. The summed E-state index contributed by atoms with van der Waals surface area (Å²) in [4.78, 5) is 39.8. The Hall–Kier alpha value is -1.83. The molecule has 2 heterocycles. The van der Waals surface area contributed by atoms with Gasteiger partial charge in [-0.2, -0.15) is 0 Å². The van der Waals surface area contributed by atoms with E-state index in [4.69, 9.17) is 5.11 Å². The van der Waals surface area contributed by atoms with Crippen molar-refractivity contribution in [2.24, 2.45) is 0 Å². The second kappa shape index (κ2) is 6.74. The van der Waals surface area contributed by atoms with Gasteiger partial charge in [-0.3, -0.25) is 9.59 Å². The molecule has 128 valence electrons. The first kappa shape index (κ1) is 16.0. The lowest BCUT2D eigenvalue weighted by Crippen LogP contribution is -2.70. The second-order valence-electron chi connectivity index (χ2n) is 6.52. The quantitative estimate of drug-likeness (QED) is 0.608. The molecule has 2 saturated heterocycles. The minimum absolute atomic E-state index is 0.152. The van der Waals surface area contributed by atoms with Gasteiger partial charge < -0.3 is 25.5 Å². The van der Waals surface area contributed by atoms with Crippen molar-refractivity contribution >= 4 is 17.8 Å². The zero-order valence-electron chi connectivity index (χ0n) is 13.2. The molecule has 0 unspecified atom stereocenters. The number of aliphatic hydroxyl groups is 1. The number of rotatable bonds is 2. The molecule has 8 heteroatoms. The van der Waals surface area contributed by atoms with Crippen LogP contribution in [0.4, 0.5) is 4.79 Å².